The maximum atomic E-state index is 13.5. The van der Waals surface area contributed by atoms with Gasteiger partial charge in [0.1, 0.15) is 17.4 Å². The van der Waals surface area contributed by atoms with Crippen LogP contribution < -0.4 is 21.4 Å². The van der Waals surface area contributed by atoms with Crippen molar-refractivity contribution >= 4 is 11.7 Å². The number of anilines is 1. The molecule has 39 heavy (non-hydrogen) atoms. The number of benzene rings is 3. The molecule has 0 amide bonds. The first-order valence-corrected chi connectivity index (χ1v) is 12.5. The fourth-order valence-electron chi connectivity index (χ4n) is 4.07. The Bertz CT molecular complexity index is 1530. The number of nitrogens with one attached hydrogen (secondary N) is 2. The average molecular weight is 534 g/mol. The third-order valence-electron chi connectivity index (χ3n) is 6.17. The van der Waals surface area contributed by atoms with Gasteiger partial charge in [0.25, 0.3) is 0 Å². The lowest BCUT2D eigenvalue weighted by Gasteiger charge is -2.16. The molecule has 0 fully saturated rings. The van der Waals surface area contributed by atoms with Gasteiger partial charge in [0.15, 0.2) is 0 Å². The molecule has 0 aliphatic carbocycles. The number of rotatable bonds is 12. The van der Waals surface area contributed by atoms with Crippen LogP contribution in [0.1, 0.15) is 29.5 Å². The highest BCUT2D eigenvalue weighted by Crippen LogP contribution is 2.13. The second-order valence-corrected chi connectivity index (χ2v) is 9.08. The smallest absolute Gasteiger partial charge is 0.355 e. The first-order valence-electron chi connectivity index (χ1n) is 12.5. The summed E-state index contributed by atoms with van der Waals surface area (Å²) in [6, 6.07) is 18.8. The number of nitrogens with zero attached hydrogens (tertiary/aromatic N) is 3. The van der Waals surface area contributed by atoms with Crippen molar-refractivity contribution in [3.05, 3.63) is 122 Å². The largest absolute Gasteiger partial charge is 0.497 e. The number of ether oxygens (including phenoxy) is 1. The summed E-state index contributed by atoms with van der Waals surface area (Å²) in [6.07, 6.45) is 1.46. The molecule has 2 N–H and O–H groups in total. The quantitative estimate of drug-likeness (QED) is 0.210. The molecule has 0 aliphatic rings. The first-order chi connectivity index (χ1) is 18.8. The SMILES string of the molecule is COc1ccc(Cn2c(NCCCC(=N)Cc3ccc(F)cc3)nc(=O)n(Cc3ccc(F)cc3)c2=O)cc1. The zero-order chi connectivity index (χ0) is 27.8. The van der Waals surface area contributed by atoms with E-state index < -0.39 is 17.2 Å². The van der Waals surface area contributed by atoms with Crippen LogP contribution in [0.25, 0.3) is 0 Å². The summed E-state index contributed by atoms with van der Waals surface area (Å²) < 4.78 is 34.0. The molecule has 0 aliphatic heterocycles. The van der Waals surface area contributed by atoms with E-state index >= 15 is 0 Å². The van der Waals surface area contributed by atoms with Crippen LogP contribution in [0.15, 0.2) is 82.4 Å². The highest BCUT2D eigenvalue weighted by atomic mass is 19.1. The van der Waals surface area contributed by atoms with Crippen molar-refractivity contribution in [2.45, 2.75) is 32.4 Å². The average Bonchev–Trinajstić information content (AvgIpc) is 2.93. The van der Waals surface area contributed by atoms with Crippen molar-refractivity contribution in [3.8, 4) is 5.75 Å². The molecule has 0 atom stereocenters. The highest BCUT2D eigenvalue weighted by Gasteiger charge is 2.14. The predicted molar refractivity (Wildman–Crippen MR) is 146 cm³/mol. The van der Waals surface area contributed by atoms with Crippen LogP contribution in [0, 0.1) is 17.0 Å². The summed E-state index contributed by atoms with van der Waals surface area (Å²) in [5, 5.41) is 11.3. The second kappa shape index (κ2) is 12.8. The van der Waals surface area contributed by atoms with Crippen molar-refractivity contribution in [1.82, 2.24) is 14.1 Å². The van der Waals surface area contributed by atoms with Gasteiger partial charge in [-0.15, -0.1) is 0 Å². The molecule has 0 saturated heterocycles. The maximum Gasteiger partial charge on any atom is 0.355 e. The molecular weight excluding hydrogens is 504 g/mol. The van der Waals surface area contributed by atoms with Crippen molar-refractivity contribution in [1.29, 1.82) is 5.41 Å². The van der Waals surface area contributed by atoms with Crippen LogP contribution in [0.4, 0.5) is 14.7 Å². The lowest BCUT2D eigenvalue weighted by molar-refractivity contribution is 0.414. The Morgan fingerprint density at radius 1 is 0.846 bits per heavy atom. The summed E-state index contributed by atoms with van der Waals surface area (Å²) >= 11 is 0. The standard InChI is InChI=1S/C29H29F2N5O3/c1-39-26-14-8-22(9-15-26)18-35-27(33-16-2-3-25(32)17-20-4-10-23(30)11-5-20)34-28(37)36(29(35)38)19-21-6-12-24(31)13-7-21/h4-15,32H,2-3,16-19H2,1H3,(H,33,34,37). The van der Waals surface area contributed by atoms with E-state index in [1.807, 2.05) is 12.1 Å². The lowest BCUT2D eigenvalue weighted by atomic mass is 10.1. The summed E-state index contributed by atoms with van der Waals surface area (Å²) in [5.41, 5.74) is 1.46. The van der Waals surface area contributed by atoms with Crippen molar-refractivity contribution in [2.24, 2.45) is 0 Å². The van der Waals surface area contributed by atoms with E-state index in [0.29, 0.717) is 42.8 Å². The Morgan fingerprint density at radius 3 is 1.97 bits per heavy atom. The van der Waals surface area contributed by atoms with E-state index in [9.17, 15) is 18.4 Å². The van der Waals surface area contributed by atoms with Gasteiger partial charge in [-0.1, -0.05) is 36.4 Å². The Morgan fingerprint density at radius 2 is 1.38 bits per heavy atom. The maximum absolute atomic E-state index is 13.5. The predicted octanol–water partition coefficient (Wildman–Crippen LogP) is 4.24. The number of halogens is 2. The first kappa shape index (κ1) is 27.4. The molecule has 202 valence electrons. The molecule has 0 bridgehead atoms. The monoisotopic (exact) mass is 533 g/mol. The van der Waals surface area contributed by atoms with Gasteiger partial charge in [0, 0.05) is 18.7 Å². The molecule has 8 nitrogen and oxygen atoms in total. The van der Waals surface area contributed by atoms with Gasteiger partial charge in [0.05, 0.1) is 20.2 Å². The molecule has 0 unspecified atom stereocenters. The molecule has 4 aromatic rings. The molecule has 0 radical (unpaired) electrons. The molecule has 4 rings (SSSR count). The molecule has 10 heteroatoms. The third kappa shape index (κ3) is 7.47. The van der Waals surface area contributed by atoms with Crippen molar-refractivity contribution in [3.63, 3.8) is 0 Å². The Hall–Kier alpha value is -4.60. The van der Waals surface area contributed by atoms with Crippen LogP contribution >= 0.6 is 0 Å². The van der Waals surface area contributed by atoms with Crippen LogP contribution in [-0.4, -0.2) is 33.5 Å². The van der Waals surface area contributed by atoms with E-state index in [2.05, 4.69) is 10.3 Å². The molecule has 3 aromatic carbocycles. The van der Waals surface area contributed by atoms with Gasteiger partial charge >= 0.3 is 11.4 Å². The molecule has 1 aromatic heterocycles. The minimum absolute atomic E-state index is 0.0472. The number of hydrogen-bond donors (Lipinski definition) is 2. The fraction of sp³-hybridized carbons (Fsp3) is 0.241. The van der Waals surface area contributed by atoms with E-state index in [1.165, 1.54) is 41.0 Å². The van der Waals surface area contributed by atoms with Gasteiger partial charge in [-0.25, -0.2) is 22.9 Å². The normalized spacial score (nSPS) is 10.8. The van der Waals surface area contributed by atoms with Crippen LogP contribution in [-0.2, 0) is 19.5 Å². The van der Waals surface area contributed by atoms with Crippen molar-refractivity contribution < 1.29 is 13.5 Å². The highest BCUT2D eigenvalue weighted by molar-refractivity contribution is 5.83. The van der Waals surface area contributed by atoms with Crippen LogP contribution in [0.3, 0.4) is 0 Å². The van der Waals surface area contributed by atoms with Crippen LogP contribution in [0.5, 0.6) is 5.75 Å². The van der Waals surface area contributed by atoms with Gasteiger partial charge in [-0.2, -0.15) is 4.98 Å². The zero-order valence-electron chi connectivity index (χ0n) is 21.5. The minimum Gasteiger partial charge on any atom is -0.497 e. The van der Waals surface area contributed by atoms with Crippen LogP contribution in [0.2, 0.25) is 0 Å². The number of methoxy groups -OCH3 is 1. The topological polar surface area (TPSA) is 102 Å². The second-order valence-electron chi connectivity index (χ2n) is 9.08. The third-order valence-corrected chi connectivity index (χ3v) is 6.17. The van der Waals surface area contributed by atoms with E-state index in [1.54, 1.807) is 31.4 Å². The summed E-state index contributed by atoms with van der Waals surface area (Å²) in [7, 11) is 1.57. The van der Waals surface area contributed by atoms with E-state index in [-0.39, 0.29) is 24.9 Å². The Kier molecular flexibility index (Phi) is 8.98. The summed E-state index contributed by atoms with van der Waals surface area (Å²) in [6.45, 7) is 0.485. The minimum atomic E-state index is -0.721. The molecule has 0 spiro atoms. The lowest BCUT2D eigenvalue weighted by Crippen LogP contribution is -2.43. The summed E-state index contributed by atoms with van der Waals surface area (Å²) in [5.74, 6) is 0.0712. The van der Waals surface area contributed by atoms with Gasteiger partial charge in [0.2, 0.25) is 5.95 Å². The van der Waals surface area contributed by atoms with Gasteiger partial charge in [-0.05, 0) is 65.9 Å². The van der Waals surface area contributed by atoms with E-state index in [4.69, 9.17) is 10.1 Å². The summed E-state index contributed by atoms with van der Waals surface area (Å²) in [4.78, 5) is 30.4. The van der Waals surface area contributed by atoms with E-state index in [0.717, 1.165) is 15.7 Å². The molecule has 1 heterocycles. The molecule has 0 saturated carbocycles. The zero-order valence-corrected chi connectivity index (χ0v) is 21.5. The number of aromatic nitrogens is 3. The van der Waals surface area contributed by atoms with Crippen molar-refractivity contribution in [2.75, 3.05) is 19.0 Å². The fourth-order valence-corrected chi connectivity index (χ4v) is 4.07. The molecular formula is C29H29F2N5O3. The van der Waals surface area contributed by atoms with Gasteiger partial charge < -0.3 is 15.5 Å². The Balaban J connectivity index is 1.51. The van der Waals surface area contributed by atoms with Gasteiger partial charge in [-0.3, -0.25) is 4.57 Å². The number of hydrogen-bond acceptors (Lipinski definition) is 6. The Labute approximate surface area is 224 Å².